The van der Waals surface area contributed by atoms with E-state index in [-0.39, 0.29) is 18.2 Å². The number of anilines is 2. The molecule has 2 aliphatic heterocycles. The Morgan fingerprint density at radius 3 is 2.88 bits per heavy atom. The predicted octanol–water partition coefficient (Wildman–Crippen LogP) is 4.44. The molecule has 12 heteroatoms. The summed E-state index contributed by atoms with van der Waals surface area (Å²) in [7, 11) is -1.54. The molecule has 0 amide bonds. The summed E-state index contributed by atoms with van der Waals surface area (Å²) >= 11 is 7.58. The highest BCUT2D eigenvalue weighted by Crippen LogP contribution is 2.46. The number of thioether (sulfide) groups is 1. The summed E-state index contributed by atoms with van der Waals surface area (Å²) in [4.78, 5) is 22.5. The highest BCUT2D eigenvalue weighted by atomic mass is 35.5. The lowest BCUT2D eigenvalue weighted by atomic mass is 10.1. The van der Waals surface area contributed by atoms with Crippen molar-refractivity contribution >= 4 is 49.7 Å². The molecule has 2 N–H and O–H groups in total. The van der Waals surface area contributed by atoms with Crippen molar-refractivity contribution in [1.29, 1.82) is 0 Å². The molecule has 1 saturated carbocycles. The molecule has 2 fully saturated rings. The quantitative estimate of drug-likeness (QED) is 0.201. The summed E-state index contributed by atoms with van der Waals surface area (Å²) in [6.07, 6.45) is 6.74. The molecule has 4 unspecified atom stereocenters. The fraction of sp³-hybridized carbons (Fsp3) is 0.500. The van der Waals surface area contributed by atoms with Gasteiger partial charge in [-0.2, -0.15) is 0 Å². The minimum atomic E-state index is -1.54. The molecule has 5 rings (SSSR count). The molecule has 0 spiro atoms. The van der Waals surface area contributed by atoms with Crippen LogP contribution >= 0.6 is 31.9 Å². The van der Waals surface area contributed by atoms with E-state index < -0.39 is 14.1 Å². The van der Waals surface area contributed by atoms with E-state index >= 15 is 0 Å². The first kappa shape index (κ1) is 24.0. The van der Waals surface area contributed by atoms with Crippen molar-refractivity contribution in [3.8, 4) is 5.75 Å². The molecule has 34 heavy (non-hydrogen) atoms. The van der Waals surface area contributed by atoms with Gasteiger partial charge in [-0.1, -0.05) is 18.5 Å². The van der Waals surface area contributed by atoms with Crippen molar-refractivity contribution in [3.63, 3.8) is 0 Å². The van der Waals surface area contributed by atoms with E-state index in [4.69, 9.17) is 25.4 Å². The average molecular weight is 524 g/mol. The Morgan fingerprint density at radius 2 is 2.18 bits per heavy atom. The van der Waals surface area contributed by atoms with Crippen molar-refractivity contribution in [3.05, 3.63) is 35.6 Å². The van der Waals surface area contributed by atoms with Crippen LogP contribution in [0.15, 0.2) is 35.6 Å². The van der Waals surface area contributed by atoms with E-state index in [1.165, 1.54) is 0 Å². The van der Waals surface area contributed by atoms with Crippen molar-refractivity contribution in [1.82, 2.24) is 15.1 Å². The van der Waals surface area contributed by atoms with Crippen molar-refractivity contribution in [2.24, 2.45) is 5.92 Å². The number of rotatable bonds is 10. The highest BCUT2D eigenvalue weighted by Gasteiger charge is 2.46. The fourth-order valence-electron chi connectivity index (χ4n) is 4.14. The number of hydrogen-bond acceptors (Lipinski definition) is 10. The molecule has 182 valence electrons. The van der Waals surface area contributed by atoms with Crippen molar-refractivity contribution < 1.29 is 18.6 Å². The first-order valence-electron chi connectivity index (χ1n) is 11.2. The molecular weight excluding hydrogens is 497 g/mol. The van der Waals surface area contributed by atoms with Crippen molar-refractivity contribution in [2.75, 3.05) is 29.7 Å². The predicted molar refractivity (Wildman–Crippen MR) is 133 cm³/mol. The van der Waals surface area contributed by atoms with Gasteiger partial charge in [0.15, 0.2) is 5.82 Å². The Hall–Kier alpha value is -1.68. The van der Waals surface area contributed by atoms with Gasteiger partial charge in [-0.3, -0.25) is 0 Å². The minimum absolute atomic E-state index is 0.0992. The SMILES string of the molecule is CSc1ncnc2c1NCN2C1OC(COP(NC2(C=O)CC2)Oc2ccc(Cl)cc2)CC1C. The van der Waals surface area contributed by atoms with Crippen LogP contribution in [0.25, 0.3) is 0 Å². The Labute approximate surface area is 209 Å². The van der Waals surface area contributed by atoms with Crippen LogP contribution in [0.4, 0.5) is 11.5 Å². The first-order valence-corrected chi connectivity index (χ1v) is 13.9. The van der Waals surface area contributed by atoms with Gasteiger partial charge in [-0.05, 0) is 49.8 Å². The number of carbonyl (C=O) groups is 1. The third-order valence-electron chi connectivity index (χ3n) is 6.15. The maximum absolute atomic E-state index is 11.5. The second kappa shape index (κ2) is 10.1. The maximum Gasteiger partial charge on any atom is 0.319 e. The second-order valence-corrected chi connectivity index (χ2v) is 11.1. The molecule has 9 nitrogen and oxygen atoms in total. The average Bonchev–Trinajstić information content (AvgIpc) is 3.33. The normalized spacial score (nSPS) is 25.5. The molecule has 2 aromatic rings. The van der Waals surface area contributed by atoms with Gasteiger partial charge >= 0.3 is 8.53 Å². The number of halogens is 1. The summed E-state index contributed by atoms with van der Waals surface area (Å²) < 4.78 is 18.6. The monoisotopic (exact) mass is 523 g/mol. The Bertz CT molecular complexity index is 1030. The summed E-state index contributed by atoms with van der Waals surface area (Å²) in [5.74, 6) is 1.79. The molecule has 3 aliphatic rings. The number of fused-ring (bicyclic) bond motifs is 1. The number of carbonyl (C=O) groups excluding carboxylic acids is 1. The van der Waals surface area contributed by atoms with Gasteiger partial charge in [-0.25, -0.2) is 15.1 Å². The van der Waals surface area contributed by atoms with Crippen LogP contribution in [0.5, 0.6) is 5.75 Å². The van der Waals surface area contributed by atoms with Gasteiger partial charge in [0, 0.05) is 10.9 Å². The van der Waals surface area contributed by atoms with Crippen LogP contribution in [0.3, 0.4) is 0 Å². The zero-order chi connectivity index (χ0) is 23.7. The molecule has 4 atom stereocenters. The fourth-order valence-corrected chi connectivity index (χ4v) is 6.20. The Balaban J connectivity index is 1.22. The van der Waals surface area contributed by atoms with Crippen LogP contribution < -0.4 is 19.8 Å². The molecule has 1 aromatic heterocycles. The zero-order valence-corrected chi connectivity index (χ0v) is 21.4. The van der Waals surface area contributed by atoms with E-state index in [1.54, 1.807) is 42.4 Å². The van der Waals surface area contributed by atoms with E-state index in [1.807, 2.05) is 6.26 Å². The van der Waals surface area contributed by atoms with Gasteiger partial charge in [0.05, 0.1) is 24.9 Å². The van der Waals surface area contributed by atoms with Crippen LogP contribution in [0, 0.1) is 5.92 Å². The highest BCUT2D eigenvalue weighted by molar-refractivity contribution is 7.98. The van der Waals surface area contributed by atoms with Crippen LogP contribution in [-0.2, 0) is 14.1 Å². The van der Waals surface area contributed by atoms with Gasteiger partial charge < -0.3 is 28.8 Å². The molecule has 1 aromatic carbocycles. The number of hydrogen-bond donors (Lipinski definition) is 2. The first-order chi connectivity index (χ1) is 16.5. The lowest BCUT2D eigenvalue weighted by molar-refractivity contribution is -0.110. The zero-order valence-electron chi connectivity index (χ0n) is 18.9. The number of nitrogens with one attached hydrogen (secondary N) is 2. The number of ether oxygens (including phenoxy) is 1. The standard InChI is InChI=1S/C22H27ClN5O4PS/c1-14-9-17(31-21(14)28-13-26-18-19(28)24-12-25-20(18)34-2)10-30-33(27-22(11-29)7-8-22)32-16-5-3-15(23)4-6-16/h3-6,11-12,14,17,21,26-27H,7-10,13H2,1-2H3. The topological polar surface area (TPSA) is 97.8 Å². The number of aromatic nitrogens is 2. The lowest BCUT2D eigenvalue weighted by Gasteiger charge is -2.28. The van der Waals surface area contributed by atoms with Gasteiger partial charge in [0.1, 0.15) is 35.3 Å². The smallest absolute Gasteiger partial charge is 0.319 e. The third kappa shape index (κ3) is 5.12. The molecule has 3 heterocycles. The maximum atomic E-state index is 11.5. The summed E-state index contributed by atoms with van der Waals surface area (Å²) in [6, 6.07) is 7.10. The second-order valence-electron chi connectivity index (χ2n) is 8.73. The minimum Gasteiger partial charge on any atom is -0.436 e. The lowest BCUT2D eigenvalue weighted by Crippen LogP contribution is -2.39. The van der Waals surface area contributed by atoms with Crippen LogP contribution in [-0.4, -0.2) is 53.7 Å². The number of aldehydes is 1. The van der Waals surface area contributed by atoms with E-state index in [9.17, 15) is 4.79 Å². The summed E-state index contributed by atoms with van der Waals surface area (Å²) in [6.45, 7) is 3.16. The molecule has 0 bridgehead atoms. The van der Waals surface area contributed by atoms with E-state index in [0.29, 0.717) is 24.0 Å². The molecule has 1 saturated heterocycles. The number of benzene rings is 1. The summed E-state index contributed by atoms with van der Waals surface area (Å²) in [5.41, 5.74) is 0.405. The Morgan fingerprint density at radius 1 is 1.38 bits per heavy atom. The molecule has 0 radical (unpaired) electrons. The number of nitrogens with zero attached hydrogens (tertiary/aromatic N) is 3. The third-order valence-corrected chi connectivity index (χ3v) is 8.49. The largest absolute Gasteiger partial charge is 0.436 e. The van der Waals surface area contributed by atoms with E-state index in [2.05, 4.69) is 32.2 Å². The van der Waals surface area contributed by atoms with Gasteiger partial charge in [0.25, 0.3) is 0 Å². The molecular formula is C22H27ClN5O4PS. The van der Waals surface area contributed by atoms with Gasteiger partial charge in [-0.15, -0.1) is 11.8 Å². The molecule has 1 aliphatic carbocycles. The Kier molecular flexibility index (Phi) is 7.16. The van der Waals surface area contributed by atoms with Crippen LogP contribution in [0.2, 0.25) is 5.02 Å². The van der Waals surface area contributed by atoms with Crippen LogP contribution in [0.1, 0.15) is 26.2 Å². The summed E-state index contributed by atoms with van der Waals surface area (Å²) in [5, 5.41) is 8.23. The van der Waals surface area contributed by atoms with E-state index in [0.717, 1.165) is 42.1 Å². The van der Waals surface area contributed by atoms with Crippen molar-refractivity contribution in [2.45, 2.75) is 49.1 Å². The van der Waals surface area contributed by atoms with Gasteiger partial charge in [0.2, 0.25) is 0 Å².